The van der Waals surface area contributed by atoms with E-state index in [1.54, 1.807) is 13.0 Å². The molecule has 0 aliphatic carbocycles. The van der Waals surface area contributed by atoms with Gasteiger partial charge in [-0.05, 0) is 45.7 Å². The highest BCUT2D eigenvalue weighted by Crippen LogP contribution is 2.40. The Labute approximate surface area is 151 Å². The van der Waals surface area contributed by atoms with Crippen molar-refractivity contribution < 1.29 is 12.9 Å². The van der Waals surface area contributed by atoms with Crippen molar-refractivity contribution in [1.82, 2.24) is 5.16 Å². The minimum atomic E-state index is -3.77. The maximum atomic E-state index is 13.2. The fourth-order valence-corrected chi connectivity index (χ4v) is 6.21. The molecule has 3 aromatic rings. The van der Waals surface area contributed by atoms with Crippen molar-refractivity contribution in [2.45, 2.75) is 39.5 Å². The highest BCUT2D eigenvalue weighted by Gasteiger charge is 2.28. The van der Waals surface area contributed by atoms with E-state index >= 15 is 0 Å². The number of hydrogen-bond acceptors (Lipinski definition) is 5. The van der Waals surface area contributed by atoms with Crippen LogP contribution in [0.15, 0.2) is 33.8 Å². The number of rotatable bonds is 4. The third-order valence-corrected chi connectivity index (χ3v) is 6.74. The molecule has 132 valence electrons. The Balaban J connectivity index is 2.14. The summed E-state index contributed by atoms with van der Waals surface area (Å²) in [5.74, 6) is 0.458. The van der Waals surface area contributed by atoms with Crippen molar-refractivity contribution >= 4 is 27.0 Å². The Morgan fingerprint density at radius 3 is 2.24 bits per heavy atom. The number of nitrogens with one attached hydrogen (secondary N) is 1. The summed E-state index contributed by atoms with van der Waals surface area (Å²) < 4.78 is 34.3. The summed E-state index contributed by atoms with van der Waals surface area (Å²) >= 11 is 1.44. The molecule has 2 heterocycles. The minimum absolute atomic E-state index is 0.256. The first-order valence-electron chi connectivity index (χ1n) is 7.82. The van der Waals surface area contributed by atoms with E-state index in [9.17, 15) is 8.42 Å². The van der Waals surface area contributed by atoms with Crippen LogP contribution in [0.4, 0.5) is 5.69 Å². The third kappa shape index (κ3) is 3.21. The first kappa shape index (κ1) is 17.7. The van der Waals surface area contributed by atoms with Crippen molar-refractivity contribution in [3.63, 3.8) is 0 Å². The van der Waals surface area contributed by atoms with E-state index in [0.29, 0.717) is 17.0 Å². The Morgan fingerprint density at radius 2 is 1.68 bits per heavy atom. The molecule has 0 aliphatic rings. The van der Waals surface area contributed by atoms with Crippen molar-refractivity contribution in [3.05, 3.63) is 50.8 Å². The lowest BCUT2D eigenvalue weighted by Crippen LogP contribution is -2.16. The fourth-order valence-electron chi connectivity index (χ4n) is 3.14. The molecular formula is C18H20N2O3S2. The van der Waals surface area contributed by atoms with Gasteiger partial charge in [-0.25, -0.2) is 8.42 Å². The normalized spacial score (nSPS) is 11.7. The summed E-state index contributed by atoms with van der Waals surface area (Å²) in [6, 6.07) is 5.61. The van der Waals surface area contributed by atoms with Crippen LogP contribution in [-0.4, -0.2) is 13.6 Å². The minimum Gasteiger partial charge on any atom is -0.356 e. The molecule has 2 aromatic heterocycles. The standard InChI is InChI=1S/C18H20N2O3S2/c1-10-8-11(2)17(12(3)9-10)20-25(21,22)18-14(5)24-13(4)16(18)15-6-7-19-23-15/h6-9,20H,1-5H3. The van der Waals surface area contributed by atoms with Crippen LogP contribution in [-0.2, 0) is 10.0 Å². The maximum Gasteiger partial charge on any atom is 0.263 e. The van der Waals surface area contributed by atoms with Gasteiger partial charge in [-0.3, -0.25) is 4.72 Å². The summed E-state index contributed by atoms with van der Waals surface area (Å²) in [7, 11) is -3.77. The third-order valence-electron chi connectivity index (χ3n) is 4.07. The summed E-state index contributed by atoms with van der Waals surface area (Å²) in [5, 5.41) is 3.71. The quantitative estimate of drug-likeness (QED) is 0.713. The van der Waals surface area contributed by atoms with Crippen LogP contribution < -0.4 is 4.72 Å². The van der Waals surface area contributed by atoms with Crippen molar-refractivity contribution in [1.29, 1.82) is 0 Å². The molecular weight excluding hydrogens is 356 g/mol. The van der Waals surface area contributed by atoms with Crippen LogP contribution in [0.25, 0.3) is 11.3 Å². The molecule has 7 heteroatoms. The van der Waals surface area contributed by atoms with E-state index in [4.69, 9.17) is 4.52 Å². The van der Waals surface area contributed by atoms with Gasteiger partial charge in [0.2, 0.25) is 0 Å². The summed E-state index contributed by atoms with van der Waals surface area (Å²) in [5.41, 5.74) is 4.09. The monoisotopic (exact) mass is 376 g/mol. The first-order valence-corrected chi connectivity index (χ1v) is 10.1. The Kier molecular flexibility index (Phi) is 4.47. The molecule has 0 radical (unpaired) electrons. The van der Waals surface area contributed by atoms with E-state index in [-0.39, 0.29) is 4.90 Å². The number of sulfonamides is 1. The van der Waals surface area contributed by atoms with Gasteiger partial charge in [0.05, 0.1) is 17.4 Å². The predicted octanol–water partition coefficient (Wildman–Crippen LogP) is 4.75. The van der Waals surface area contributed by atoms with Crippen molar-refractivity contribution in [3.8, 4) is 11.3 Å². The van der Waals surface area contributed by atoms with Gasteiger partial charge < -0.3 is 4.52 Å². The lowest BCUT2D eigenvalue weighted by Gasteiger charge is -2.15. The number of nitrogens with zero attached hydrogens (tertiary/aromatic N) is 1. The van der Waals surface area contributed by atoms with E-state index in [1.165, 1.54) is 17.5 Å². The SMILES string of the molecule is Cc1cc(C)c(NS(=O)(=O)c2c(C)sc(C)c2-c2ccno2)c(C)c1. The average molecular weight is 377 g/mol. The predicted molar refractivity (Wildman–Crippen MR) is 101 cm³/mol. The Morgan fingerprint density at radius 1 is 1.04 bits per heavy atom. The van der Waals surface area contributed by atoms with Gasteiger partial charge in [0.25, 0.3) is 10.0 Å². The topological polar surface area (TPSA) is 72.2 Å². The van der Waals surface area contributed by atoms with E-state index in [2.05, 4.69) is 9.88 Å². The zero-order chi connectivity index (χ0) is 18.4. The van der Waals surface area contributed by atoms with Gasteiger partial charge in [0.1, 0.15) is 4.90 Å². The van der Waals surface area contributed by atoms with E-state index < -0.39 is 10.0 Å². The highest BCUT2D eigenvalue weighted by molar-refractivity contribution is 7.93. The van der Waals surface area contributed by atoms with E-state index in [0.717, 1.165) is 26.4 Å². The molecule has 0 bridgehead atoms. The molecule has 0 unspecified atom stereocenters. The van der Waals surface area contributed by atoms with Crippen LogP contribution in [0.3, 0.4) is 0 Å². The highest BCUT2D eigenvalue weighted by atomic mass is 32.2. The molecule has 5 nitrogen and oxygen atoms in total. The summed E-state index contributed by atoms with van der Waals surface area (Å²) in [6.45, 7) is 9.49. The number of benzene rings is 1. The second-order valence-electron chi connectivity index (χ2n) is 6.17. The zero-order valence-electron chi connectivity index (χ0n) is 14.8. The number of thiophene rings is 1. The number of aromatic nitrogens is 1. The zero-order valence-corrected chi connectivity index (χ0v) is 16.4. The van der Waals surface area contributed by atoms with Gasteiger partial charge in [-0.2, -0.15) is 0 Å². The Hall–Kier alpha value is -2.12. The second kappa shape index (κ2) is 6.31. The van der Waals surface area contributed by atoms with Crippen LogP contribution in [0.2, 0.25) is 0 Å². The number of aryl methyl sites for hydroxylation is 5. The number of hydrogen-bond donors (Lipinski definition) is 1. The lowest BCUT2D eigenvalue weighted by atomic mass is 10.1. The van der Waals surface area contributed by atoms with Gasteiger partial charge in [0.15, 0.2) is 5.76 Å². The number of anilines is 1. The second-order valence-corrected chi connectivity index (χ2v) is 9.22. The molecule has 25 heavy (non-hydrogen) atoms. The largest absolute Gasteiger partial charge is 0.356 e. The van der Waals surface area contributed by atoms with Crippen LogP contribution in [0.1, 0.15) is 26.4 Å². The molecule has 0 spiro atoms. The van der Waals surface area contributed by atoms with Gasteiger partial charge in [0, 0.05) is 15.8 Å². The van der Waals surface area contributed by atoms with Crippen LogP contribution in [0, 0.1) is 34.6 Å². The lowest BCUT2D eigenvalue weighted by molar-refractivity contribution is 0.431. The van der Waals surface area contributed by atoms with Gasteiger partial charge >= 0.3 is 0 Å². The molecule has 1 aromatic carbocycles. The van der Waals surface area contributed by atoms with E-state index in [1.807, 2.05) is 39.8 Å². The molecule has 0 amide bonds. The molecule has 0 aliphatic heterocycles. The average Bonchev–Trinajstić information content (AvgIpc) is 3.10. The molecule has 1 N–H and O–H groups in total. The van der Waals surface area contributed by atoms with Crippen molar-refractivity contribution in [2.75, 3.05) is 4.72 Å². The van der Waals surface area contributed by atoms with Gasteiger partial charge in [-0.15, -0.1) is 11.3 Å². The Bertz CT molecular complexity index is 1010. The summed E-state index contributed by atoms with van der Waals surface area (Å²) in [6.07, 6.45) is 1.51. The van der Waals surface area contributed by atoms with Crippen molar-refractivity contribution in [2.24, 2.45) is 0 Å². The summed E-state index contributed by atoms with van der Waals surface area (Å²) in [4.78, 5) is 1.86. The first-order chi connectivity index (χ1) is 11.7. The maximum absolute atomic E-state index is 13.2. The molecule has 0 atom stereocenters. The molecule has 0 saturated heterocycles. The fraction of sp³-hybridized carbons (Fsp3) is 0.278. The van der Waals surface area contributed by atoms with Gasteiger partial charge in [-0.1, -0.05) is 22.9 Å². The molecule has 3 rings (SSSR count). The molecule has 0 saturated carbocycles. The van der Waals surface area contributed by atoms with Crippen LogP contribution in [0.5, 0.6) is 0 Å². The molecule has 0 fully saturated rings. The van der Waals surface area contributed by atoms with Crippen LogP contribution >= 0.6 is 11.3 Å². The smallest absolute Gasteiger partial charge is 0.263 e.